The predicted molar refractivity (Wildman–Crippen MR) is 111 cm³/mol. The predicted octanol–water partition coefficient (Wildman–Crippen LogP) is 4.52. The Balaban J connectivity index is 1.84. The van der Waals surface area contributed by atoms with Crippen molar-refractivity contribution in [2.24, 2.45) is 0 Å². The van der Waals surface area contributed by atoms with Gasteiger partial charge in [-0.25, -0.2) is 4.79 Å². The molecule has 2 aromatic carbocycles. The average Bonchev–Trinajstić information content (AvgIpc) is 3.06. The summed E-state index contributed by atoms with van der Waals surface area (Å²) in [5.41, 5.74) is 6.57. The van der Waals surface area contributed by atoms with E-state index in [1.807, 2.05) is 45.0 Å². The molecule has 6 nitrogen and oxygen atoms in total. The molecule has 1 aliphatic heterocycles. The van der Waals surface area contributed by atoms with Crippen LogP contribution in [-0.2, 0) is 9.53 Å². The maximum Gasteiger partial charge on any atom is 0.410 e. The van der Waals surface area contributed by atoms with E-state index < -0.39 is 17.7 Å². The van der Waals surface area contributed by atoms with Crippen LogP contribution in [0.25, 0.3) is 10.8 Å². The molecule has 1 fully saturated rings. The first kappa shape index (κ1) is 19.5. The van der Waals surface area contributed by atoms with Crippen LogP contribution in [0.2, 0.25) is 0 Å². The average molecular weight is 434 g/mol. The van der Waals surface area contributed by atoms with E-state index in [2.05, 4.69) is 21.2 Å². The second-order valence-electron chi connectivity index (χ2n) is 7.72. The lowest BCUT2D eigenvalue weighted by Gasteiger charge is -2.28. The second-order valence-corrected chi connectivity index (χ2v) is 8.63. The second kappa shape index (κ2) is 7.38. The minimum atomic E-state index is -0.603. The smallest absolute Gasteiger partial charge is 0.410 e. The summed E-state index contributed by atoms with van der Waals surface area (Å²) in [5.74, 6) is -0.250. The molecule has 1 saturated heterocycles. The van der Waals surface area contributed by atoms with Crippen LogP contribution >= 0.6 is 15.9 Å². The molecule has 0 unspecified atom stereocenters. The van der Waals surface area contributed by atoms with Crippen molar-refractivity contribution in [3.05, 3.63) is 34.8 Å². The monoisotopic (exact) mass is 433 g/mol. The standard InChI is InChI=1S/C20H24BrN3O3/c1-20(2,3)27-19(26)24-10-4-5-16(24)18(25)23-17-14-8-7-13(21)11-12(14)6-9-15(17)22/h6-9,11,16H,4-5,10,22H2,1-3H3,(H,23,25)/t16-/m0/s1. The van der Waals surface area contributed by atoms with Gasteiger partial charge in [-0.1, -0.05) is 28.1 Å². The van der Waals surface area contributed by atoms with Crippen LogP contribution in [0, 0.1) is 0 Å². The highest BCUT2D eigenvalue weighted by molar-refractivity contribution is 9.10. The van der Waals surface area contributed by atoms with Gasteiger partial charge in [-0.2, -0.15) is 0 Å². The normalized spacial score (nSPS) is 17.2. The lowest BCUT2D eigenvalue weighted by Crippen LogP contribution is -2.45. The Kier molecular flexibility index (Phi) is 5.33. The summed E-state index contributed by atoms with van der Waals surface area (Å²) in [7, 11) is 0. The van der Waals surface area contributed by atoms with E-state index in [0.717, 1.165) is 21.7 Å². The summed E-state index contributed by atoms with van der Waals surface area (Å²) in [6.07, 6.45) is 0.895. The van der Waals surface area contributed by atoms with E-state index >= 15 is 0 Å². The highest BCUT2D eigenvalue weighted by atomic mass is 79.9. The van der Waals surface area contributed by atoms with Crippen LogP contribution in [0.4, 0.5) is 16.2 Å². The molecule has 3 rings (SSSR count). The molecule has 1 aliphatic rings. The molecule has 2 amide bonds. The highest BCUT2D eigenvalue weighted by Crippen LogP contribution is 2.32. The third-order valence-corrected chi connectivity index (χ3v) is 4.94. The van der Waals surface area contributed by atoms with Gasteiger partial charge in [0.2, 0.25) is 5.91 Å². The van der Waals surface area contributed by atoms with Gasteiger partial charge in [0.05, 0.1) is 11.4 Å². The number of benzene rings is 2. The molecule has 0 aliphatic carbocycles. The Hall–Kier alpha value is -2.28. The van der Waals surface area contributed by atoms with Gasteiger partial charge < -0.3 is 15.8 Å². The van der Waals surface area contributed by atoms with Crippen molar-refractivity contribution in [2.75, 3.05) is 17.6 Å². The molecule has 0 bridgehead atoms. The summed E-state index contributed by atoms with van der Waals surface area (Å²) in [6.45, 7) is 5.94. The number of nitrogen functional groups attached to an aromatic ring is 1. The Morgan fingerprint density at radius 1 is 1.26 bits per heavy atom. The van der Waals surface area contributed by atoms with Gasteiger partial charge in [-0.05, 0) is 57.2 Å². The summed E-state index contributed by atoms with van der Waals surface area (Å²) >= 11 is 3.45. The number of carbonyl (C=O) groups excluding carboxylic acids is 2. The van der Waals surface area contributed by atoms with Crippen molar-refractivity contribution < 1.29 is 14.3 Å². The number of nitrogens with two attached hydrogens (primary N) is 1. The van der Waals surface area contributed by atoms with Crippen molar-refractivity contribution in [1.82, 2.24) is 4.90 Å². The number of carbonyl (C=O) groups is 2. The Morgan fingerprint density at radius 2 is 2.00 bits per heavy atom. The van der Waals surface area contributed by atoms with Crippen LogP contribution in [-0.4, -0.2) is 35.1 Å². The number of rotatable bonds is 2. The van der Waals surface area contributed by atoms with Gasteiger partial charge in [0.1, 0.15) is 11.6 Å². The summed E-state index contributed by atoms with van der Waals surface area (Å²) < 4.78 is 6.38. The van der Waals surface area contributed by atoms with Crippen molar-refractivity contribution in [1.29, 1.82) is 0 Å². The maximum atomic E-state index is 12.9. The number of amides is 2. The lowest BCUT2D eigenvalue weighted by atomic mass is 10.1. The van der Waals surface area contributed by atoms with Gasteiger partial charge in [0.25, 0.3) is 0 Å². The van der Waals surface area contributed by atoms with Gasteiger partial charge in [0, 0.05) is 16.4 Å². The van der Waals surface area contributed by atoms with Gasteiger partial charge in [-0.15, -0.1) is 0 Å². The number of anilines is 2. The number of fused-ring (bicyclic) bond motifs is 1. The quantitative estimate of drug-likeness (QED) is 0.681. The molecule has 0 spiro atoms. The van der Waals surface area contributed by atoms with E-state index in [9.17, 15) is 9.59 Å². The zero-order valence-corrected chi connectivity index (χ0v) is 17.3. The summed E-state index contributed by atoms with van der Waals surface area (Å²) in [6, 6.07) is 8.89. The minimum Gasteiger partial charge on any atom is -0.444 e. The molecule has 0 saturated carbocycles. The lowest BCUT2D eigenvalue weighted by molar-refractivity contribution is -0.120. The zero-order valence-electron chi connectivity index (χ0n) is 15.7. The van der Waals surface area contributed by atoms with Crippen LogP contribution in [0.3, 0.4) is 0 Å². The highest BCUT2D eigenvalue weighted by Gasteiger charge is 2.36. The third kappa shape index (κ3) is 4.35. The molecule has 7 heteroatoms. The van der Waals surface area contributed by atoms with Gasteiger partial charge in [-0.3, -0.25) is 9.69 Å². The molecule has 1 atom stereocenters. The van der Waals surface area contributed by atoms with E-state index in [1.54, 1.807) is 6.07 Å². The van der Waals surface area contributed by atoms with Crippen LogP contribution in [0.15, 0.2) is 34.8 Å². The van der Waals surface area contributed by atoms with Gasteiger partial charge >= 0.3 is 6.09 Å². The van der Waals surface area contributed by atoms with E-state index in [0.29, 0.717) is 24.3 Å². The number of halogens is 1. The largest absolute Gasteiger partial charge is 0.444 e. The number of nitrogens with zero attached hydrogens (tertiary/aromatic N) is 1. The minimum absolute atomic E-state index is 0.250. The summed E-state index contributed by atoms with van der Waals surface area (Å²) in [5, 5.41) is 4.75. The molecular formula is C20H24BrN3O3. The Morgan fingerprint density at radius 3 is 2.70 bits per heavy atom. The van der Waals surface area contributed by atoms with Crippen molar-refractivity contribution in [3.63, 3.8) is 0 Å². The van der Waals surface area contributed by atoms with Crippen LogP contribution in [0.1, 0.15) is 33.6 Å². The van der Waals surface area contributed by atoms with Crippen LogP contribution < -0.4 is 11.1 Å². The van der Waals surface area contributed by atoms with E-state index in [4.69, 9.17) is 10.5 Å². The van der Waals surface area contributed by atoms with Gasteiger partial charge in [0.15, 0.2) is 0 Å². The Labute approximate surface area is 167 Å². The first-order valence-electron chi connectivity index (χ1n) is 8.94. The first-order chi connectivity index (χ1) is 12.7. The molecule has 0 aromatic heterocycles. The van der Waals surface area contributed by atoms with Crippen molar-refractivity contribution in [3.8, 4) is 0 Å². The molecule has 0 radical (unpaired) electrons. The van der Waals surface area contributed by atoms with Crippen LogP contribution in [0.5, 0.6) is 0 Å². The van der Waals surface area contributed by atoms with E-state index in [1.165, 1.54) is 4.90 Å². The van der Waals surface area contributed by atoms with Crippen molar-refractivity contribution in [2.45, 2.75) is 45.3 Å². The molecule has 1 heterocycles. The fourth-order valence-corrected chi connectivity index (χ4v) is 3.62. The third-order valence-electron chi connectivity index (χ3n) is 4.45. The summed E-state index contributed by atoms with van der Waals surface area (Å²) in [4.78, 5) is 26.9. The van der Waals surface area contributed by atoms with E-state index in [-0.39, 0.29) is 5.91 Å². The number of nitrogens with one attached hydrogen (secondary N) is 1. The fourth-order valence-electron chi connectivity index (χ4n) is 3.24. The topological polar surface area (TPSA) is 84.7 Å². The fraction of sp³-hybridized carbons (Fsp3) is 0.400. The molecule has 144 valence electrons. The number of ether oxygens (including phenoxy) is 1. The number of hydrogen-bond acceptors (Lipinski definition) is 4. The maximum absolute atomic E-state index is 12.9. The zero-order chi connectivity index (χ0) is 19.8. The first-order valence-corrected chi connectivity index (χ1v) is 9.73. The number of hydrogen-bond donors (Lipinski definition) is 2. The molecular weight excluding hydrogens is 410 g/mol. The molecule has 3 N–H and O–H groups in total. The number of likely N-dealkylation sites (tertiary alicyclic amines) is 1. The molecule has 2 aromatic rings. The molecule has 27 heavy (non-hydrogen) atoms. The Bertz CT molecular complexity index is 892. The SMILES string of the molecule is CC(C)(C)OC(=O)N1CCC[C@H]1C(=O)Nc1c(N)ccc2cc(Br)ccc12. The van der Waals surface area contributed by atoms with Crippen molar-refractivity contribution >= 4 is 50.1 Å².